The zero-order valence-electron chi connectivity index (χ0n) is 15.2. The summed E-state index contributed by atoms with van der Waals surface area (Å²) in [5.41, 5.74) is 0.939. The standard InChI is InChI=1S/C19H21NO6S/c1-3-4-10-26-17(21)12-15-14-8-5-7-13(2)18(14)27(23,24)20(15)19(22)16-9-6-11-25-16/h5-9,11,15H,3-4,10,12H2,1-2H3. The van der Waals surface area contributed by atoms with Crippen LogP contribution in [0.5, 0.6) is 0 Å². The molecule has 0 spiro atoms. The molecule has 0 fully saturated rings. The number of ether oxygens (including phenoxy) is 1. The number of rotatable bonds is 6. The zero-order chi connectivity index (χ0) is 19.6. The van der Waals surface area contributed by atoms with Gasteiger partial charge in [-0.05, 0) is 36.6 Å². The quantitative estimate of drug-likeness (QED) is 0.554. The molecule has 1 unspecified atom stereocenters. The molecule has 1 atom stereocenters. The molecular formula is C19H21NO6S. The van der Waals surface area contributed by atoms with Gasteiger partial charge in [0.2, 0.25) is 0 Å². The van der Waals surface area contributed by atoms with Gasteiger partial charge in [-0.1, -0.05) is 31.5 Å². The SMILES string of the molecule is CCCCOC(=O)CC1c2cccc(C)c2S(=O)(=O)N1C(=O)c1ccco1. The van der Waals surface area contributed by atoms with Gasteiger partial charge in [0.05, 0.1) is 30.2 Å². The Labute approximate surface area is 158 Å². The van der Waals surface area contributed by atoms with E-state index < -0.39 is 27.9 Å². The fourth-order valence-corrected chi connectivity index (χ4v) is 5.19. The first-order chi connectivity index (χ1) is 12.9. The van der Waals surface area contributed by atoms with Crippen molar-refractivity contribution in [3.05, 3.63) is 53.5 Å². The van der Waals surface area contributed by atoms with Gasteiger partial charge in [0.25, 0.3) is 10.0 Å². The van der Waals surface area contributed by atoms with Gasteiger partial charge in [-0.25, -0.2) is 12.7 Å². The van der Waals surface area contributed by atoms with Crippen LogP contribution < -0.4 is 0 Å². The number of benzene rings is 1. The first-order valence-corrected chi connectivity index (χ1v) is 10.2. The largest absolute Gasteiger partial charge is 0.466 e. The van der Waals surface area contributed by atoms with Crippen molar-refractivity contribution in [2.75, 3.05) is 6.61 Å². The fourth-order valence-electron chi connectivity index (χ4n) is 3.18. The highest BCUT2D eigenvalue weighted by Crippen LogP contribution is 2.43. The summed E-state index contributed by atoms with van der Waals surface area (Å²) in [6.45, 7) is 3.90. The number of hydrogen-bond donors (Lipinski definition) is 0. The van der Waals surface area contributed by atoms with Gasteiger partial charge in [-0.15, -0.1) is 0 Å². The maximum absolute atomic E-state index is 13.1. The molecule has 1 aliphatic heterocycles. The lowest BCUT2D eigenvalue weighted by Crippen LogP contribution is -2.35. The van der Waals surface area contributed by atoms with Crippen LogP contribution in [0.3, 0.4) is 0 Å². The van der Waals surface area contributed by atoms with Crippen LogP contribution >= 0.6 is 0 Å². The molecule has 3 rings (SSSR count). The van der Waals surface area contributed by atoms with Crippen LogP contribution in [0.15, 0.2) is 45.9 Å². The number of nitrogens with zero attached hydrogens (tertiary/aromatic N) is 1. The van der Waals surface area contributed by atoms with Gasteiger partial charge < -0.3 is 9.15 Å². The monoisotopic (exact) mass is 391 g/mol. The molecule has 1 aromatic carbocycles. The van der Waals surface area contributed by atoms with Crippen LogP contribution in [-0.4, -0.2) is 31.2 Å². The van der Waals surface area contributed by atoms with Crippen molar-refractivity contribution in [3.8, 4) is 0 Å². The molecule has 8 heteroatoms. The van der Waals surface area contributed by atoms with Crippen LogP contribution in [0.4, 0.5) is 0 Å². The predicted octanol–water partition coefficient (Wildman–Crippen LogP) is 3.21. The highest BCUT2D eigenvalue weighted by Gasteiger charge is 2.48. The first-order valence-electron chi connectivity index (χ1n) is 8.75. The number of fused-ring (bicyclic) bond motifs is 1. The molecule has 0 bridgehead atoms. The average molecular weight is 391 g/mol. The number of esters is 1. The van der Waals surface area contributed by atoms with E-state index in [1.54, 1.807) is 25.1 Å². The van der Waals surface area contributed by atoms with Gasteiger partial charge in [0, 0.05) is 0 Å². The molecule has 1 aliphatic rings. The minimum Gasteiger partial charge on any atom is -0.466 e. The average Bonchev–Trinajstić information content (AvgIpc) is 3.21. The molecule has 27 heavy (non-hydrogen) atoms. The molecule has 1 aromatic heterocycles. The number of carbonyl (C=O) groups excluding carboxylic acids is 2. The van der Waals surface area contributed by atoms with E-state index in [2.05, 4.69) is 0 Å². The number of hydrogen-bond acceptors (Lipinski definition) is 6. The number of amides is 1. The Bertz CT molecular complexity index is 949. The Morgan fingerprint density at radius 1 is 1.22 bits per heavy atom. The van der Waals surface area contributed by atoms with E-state index in [0.29, 0.717) is 11.1 Å². The summed E-state index contributed by atoms with van der Waals surface area (Å²) < 4.78 is 37.2. The van der Waals surface area contributed by atoms with Crippen molar-refractivity contribution >= 4 is 21.9 Å². The van der Waals surface area contributed by atoms with E-state index in [-0.39, 0.29) is 23.7 Å². The van der Waals surface area contributed by atoms with Crippen molar-refractivity contribution in [2.24, 2.45) is 0 Å². The van der Waals surface area contributed by atoms with Crippen molar-refractivity contribution in [3.63, 3.8) is 0 Å². The molecule has 1 amide bonds. The number of furan rings is 1. The Balaban J connectivity index is 2.00. The van der Waals surface area contributed by atoms with Gasteiger partial charge >= 0.3 is 11.9 Å². The third-order valence-corrected chi connectivity index (χ3v) is 6.47. The summed E-state index contributed by atoms with van der Waals surface area (Å²) in [4.78, 5) is 25.2. The molecule has 144 valence electrons. The number of unbranched alkanes of at least 4 members (excludes halogenated alkanes) is 1. The molecule has 2 aromatic rings. The second-order valence-electron chi connectivity index (χ2n) is 6.37. The van der Waals surface area contributed by atoms with E-state index in [1.165, 1.54) is 18.4 Å². The van der Waals surface area contributed by atoms with Crippen LogP contribution in [0.1, 0.15) is 53.9 Å². The Morgan fingerprint density at radius 2 is 2.00 bits per heavy atom. The van der Waals surface area contributed by atoms with Crippen LogP contribution in [0.25, 0.3) is 0 Å². The molecule has 0 aliphatic carbocycles. The lowest BCUT2D eigenvalue weighted by Gasteiger charge is -2.22. The lowest BCUT2D eigenvalue weighted by atomic mass is 10.0. The van der Waals surface area contributed by atoms with Crippen molar-refractivity contribution in [1.82, 2.24) is 4.31 Å². The van der Waals surface area contributed by atoms with Crippen LogP contribution in [-0.2, 0) is 19.6 Å². The summed E-state index contributed by atoms with van der Waals surface area (Å²) in [5, 5.41) is 0. The van der Waals surface area contributed by atoms with Crippen LogP contribution in [0.2, 0.25) is 0 Å². The molecule has 0 saturated heterocycles. The topological polar surface area (TPSA) is 93.9 Å². The minimum absolute atomic E-state index is 0.0660. The van der Waals surface area contributed by atoms with E-state index in [9.17, 15) is 18.0 Å². The minimum atomic E-state index is -4.11. The van der Waals surface area contributed by atoms with Crippen molar-refractivity contribution in [1.29, 1.82) is 0 Å². The maximum Gasteiger partial charge on any atom is 0.308 e. The maximum atomic E-state index is 13.1. The highest BCUT2D eigenvalue weighted by atomic mass is 32.2. The molecule has 7 nitrogen and oxygen atoms in total. The molecular weight excluding hydrogens is 370 g/mol. The third-order valence-electron chi connectivity index (χ3n) is 4.45. The van der Waals surface area contributed by atoms with Crippen molar-refractivity contribution < 1.29 is 27.2 Å². The zero-order valence-corrected chi connectivity index (χ0v) is 16.0. The van der Waals surface area contributed by atoms with Gasteiger partial charge in [-0.3, -0.25) is 9.59 Å². The van der Waals surface area contributed by atoms with Crippen LogP contribution in [0, 0.1) is 6.92 Å². The van der Waals surface area contributed by atoms with E-state index >= 15 is 0 Å². The third kappa shape index (κ3) is 3.49. The molecule has 0 N–H and O–H groups in total. The lowest BCUT2D eigenvalue weighted by molar-refractivity contribution is -0.144. The molecule has 0 saturated carbocycles. The van der Waals surface area contributed by atoms with Gasteiger partial charge in [-0.2, -0.15) is 0 Å². The summed E-state index contributed by atoms with van der Waals surface area (Å²) in [6, 6.07) is 6.93. The summed E-state index contributed by atoms with van der Waals surface area (Å²) in [6.07, 6.45) is 2.64. The van der Waals surface area contributed by atoms with E-state index in [4.69, 9.17) is 9.15 Å². The first kappa shape index (κ1) is 19.2. The molecule has 0 radical (unpaired) electrons. The number of carbonyl (C=O) groups is 2. The van der Waals surface area contributed by atoms with Gasteiger partial charge in [0.15, 0.2) is 5.76 Å². The summed E-state index contributed by atoms with van der Waals surface area (Å²) in [7, 11) is -4.11. The second kappa shape index (κ2) is 7.56. The van der Waals surface area contributed by atoms with E-state index in [0.717, 1.165) is 17.1 Å². The Kier molecular flexibility index (Phi) is 5.36. The summed E-state index contributed by atoms with van der Waals surface area (Å²) in [5.74, 6) is -1.45. The summed E-state index contributed by atoms with van der Waals surface area (Å²) >= 11 is 0. The van der Waals surface area contributed by atoms with Gasteiger partial charge in [0.1, 0.15) is 0 Å². The smallest absolute Gasteiger partial charge is 0.308 e. The second-order valence-corrected chi connectivity index (χ2v) is 8.12. The van der Waals surface area contributed by atoms with E-state index in [1.807, 2.05) is 6.92 Å². The normalized spacial score (nSPS) is 17.6. The number of sulfonamides is 1. The Morgan fingerprint density at radius 3 is 2.67 bits per heavy atom. The number of aryl methyl sites for hydroxylation is 1. The fraction of sp³-hybridized carbons (Fsp3) is 0.368. The predicted molar refractivity (Wildman–Crippen MR) is 96.5 cm³/mol. The highest BCUT2D eigenvalue weighted by molar-refractivity contribution is 7.90. The molecule has 2 heterocycles. The van der Waals surface area contributed by atoms with Crippen molar-refractivity contribution in [2.45, 2.75) is 44.0 Å². The Hall–Kier alpha value is -2.61.